The van der Waals surface area contributed by atoms with Crippen LogP contribution in [0, 0.1) is 11.3 Å². The Morgan fingerprint density at radius 2 is 2.00 bits per heavy atom. The molecule has 1 amide bonds. The molecule has 1 heterocycles. The van der Waals surface area contributed by atoms with Crippen molar-refractivity contribution in [1.29, 1.82) is 0 Å². The van der Waals surface area contributed by atoms with Crippen molar-refractivity contribution in [3.63, 3.8) is 0 Å². The molecule has 1 saturated carbocycles. The molecule has 1 saturated heterocycles. The Hall–Kier alpha value is -0.770. The molecule has 0 aromatic heterocycles. The van der Waals surface area contributed by atoms with Gasteiger partial charge in [0.25, 0.3) is 0 Å². The number of nitrogens with zero attached hydrogens (tertiary/aromatic N) is 1. The fourth-order valence-electron chi connectivity index (χ4n) is 3.04. The van der Waals surface area contributed by atoms with Gasteiger partial charge in [-0.15, -0.1) is 0 Å². The van der Waals surface area contributed by atoms with Crippen LogP contribution in [0.25, 0.3) is 0 Å². The van der Waals surface area contributed by atoms with Crippen LogP contribution >= 0.6 is 0 Å². The molecule has 1 aliphatic heterocycles. The van der Waals surface area contributed by atoms with Crippen LogP contribution in [0.3, 0.4) is 0 Å². The van der Waals surface area contributed by atoms with E-state index in [1.54, 1.807) is 0 Å². The topological polar surface area (TPSA) is 41.6 Å². The average molecular weight is 254 g/mol. The van der Waals surface area contributed by atoms with Gasteiger partial charge in [-0.2, -0.15) is 0 Å². The zero-order chi connectivity index (χ0) is 13.4. The smallest absolute Gasteiger partial charge is 0.410 e. The van der Waals surface area contributed by atoms with Crippen molar-refractivity contribution < 1.29 is 9.53 Å². The lowest BCUT2D eigenvalue weighted by Gasteiger charge is -2.34. The summed E-state index contributed by atoms with van der Waals surface area (Å²) in [6.07, 6.45) is 3.45. The van der Waals surface area contributed by atoms with E-state index in [2.05, 4.69) is 5.32 Å². The summed E-state index contributed by atoms with van der Waals surface area (Å²) in [6, 6.07) is 0. The molecule has 104 valence electrons. The van der Waals surface area contributed by atoms with Gasteiger partial charge < -0.3 is 15.0 Å². The maximum absolute atomic E-state index is 11.9. The second-order valence-corrected chi connectivity index (χ2v) is 6.79. The number of hydrogen-bond donors (Lipinski definition) is 1. The van der Waals surface area contributed by atoms with Crippen molar-refractivity contribution in [3.8, 4) is 0 Å². The Balaban J connectivity index is 1.79. The Morgan fingerprint density at radius 1 is 1.39 bits per heavy atom. The first-order valence-corrected chi connectivity index (χ1v) is 6.99. The van der Waals surface area contributed by atoms with Crippen molar-refractivity contribution in [2.45, 2.75) is 45.6 Å². The molecule has 1 unspecified atom stereocenters. The maximum atomic E-state index is 11.9. The monoisotopic (exact) mass is 254 g/mol. The number of nitrogens with one attached hydrogen (secondary N) is 1. The van der Waals surface area contributed by atoms with E-state index in [-0.39, 0.29) is 11.7 Å². The Morgan fingerprint density at radius 3 is 2.50 bits per heavy atom. The summed E-state index contributed by atoms with van der Waals surface area (Å²) in [5.74, 6) is 0.822. The van der Waals surface area contributed by atoms with Gasteiger partial charge in [0, 0.05) is 13.1 Å². The summed E-state index contributed by atoms with van der Waals surface area (Å²) in [5.41, 5.74) is 0.141. The molecule has 2 fully saturated rings. The molecular weight excluding hydrogens is 228 g/mol. The van der Waals surface area contributed by atoms with Gasteiger partial charge in [0.15, 0.2) is 0 Å². The van der Waals surface area contributed by atoms with Crippen molar-refractivity contribution in [2.24, 2.45) is 11.3 Å². The second-order valence-electron chi connectivity index (χ2n) is 6.79. The highest BCUT2D eigenvalue weighted by Gasteiger charge is 2.54. The van der Waals surface area contributed by atoms with E-state index >= 15 is 0 Å². The van der Waals surface area contributed by atoms with E-state index in [1.165, 1.54) is 6.42 Å². The van der Waals surface area contributed by atoms with Gasteiger partial charge >= 0.3 is 6.09 Å². The Bertz CT molecular complexity index is 314. The third kappa shape index (κ3) is 2.97. The molecule has 4 nitrogen and oxygen atoms in total. The van der Waals surface area contributed by atoms with Crippen LogP contribution in [-0.4, -0.2) is 43.3 Å². The van der Waals surface area contributed by atoms with Gasteiger partial charge in [0.05, 0.1) is 0 Å². The highest BCUT2D eigenvalue weighted by Crippen LogP contribution is 2.58. The van der Waals surface area contributed by atoms with Crippen LogP contribution in [-0.2, 0) is 4.74 Å². The SMILES string of the molecule is CNCC1CC12CCN(C(=O)OC(C)(C)C)CC2. The van der Waals surface area contributed by atoms with Crippen molar-refractivity contribution >= 4 is 6.09 Å². The van der Waals surface area contributed by atoms with Crippen molar-refractivity contribution in [1.82, 2.24) is 10.2 Å². The lowest BCUT2D eigenvalue weighted by Crippen LogP contribution is -2.42. The number of hydrogen-bond acceptors (Lipinski definition) is 3. The molecule has 0 aromatic rings. The number of ether oxygens (including phenoxy) is 1. The number of amides is 1. The minimum absolute atomic E-state index is 0.150. The van der Waals surface area contributed by atoms with E-state index in [0.29, 0.717) is 5.41 Å². The zero-order valence-corrected chi connectivity index (χ0v) is 12.1. The number of carbonyl (C=O) groups excluding carboxylic acids is 1. The number of carbonyl (C=O) groups is 1. The van der Waals surface area contributed by atoms with Gasteiger partial charge in [-0.3, -0.25) is 0 Å². The van der Waals surface area contributed by atoms with Crippen molar-refractivity contribution in [3.05, 3.63) is 0 Å². The number of rotatable bonds is 2. The first kappa shape index (κ1) is 13.7. The molecule has 0 radical (unpaired) electrons. The molecule has 2 aliphatic rings. The summed E-state index contributed by atoms with van der Waals surface area (Å²) in [5, 5.41) is 3.26. The van der Waals surface area contributed by atoms with Crippen LogP contribution in [0.2, 0.25) is 0 Å². The van der Waals surface area contributed by atoms with E-state index in [9.17, 15) is 4.79 Å². The Labute approximate surface area is 110 Å². The third-order valence-corrected chi connectivity index (χ3v) is 4.22. The quantitative estimate of drug-likeness (QED) is 0.821. The molecule has 0 bridgehead atoms. The molecule has 18 heavy (non-hydrogen) atoms. The predicted octanol–water partition coefficient (Wildman–Crippen LogP) is 2.24. The summed E-state index contributed by atoms with van der Waals surface area (Å²) in [4.78, 5) is 13.8. The maximum Gasteiger partial charge on any atom is 0.410 e. The van der Waals surface area contributed by atoms with E-state index < -0.39 is 0 Å². The summed E-state index contributed by atoms with van der Waals surface area (Å²) < 4.78 is 5.41. The lowest BCUT2D eigenvalue weighted by atomic mass is 9.91. The molecule has 1 atom stereocenters. The second kappa shape index (κ2) is 4.72. The molecule has 1 aliphatic carbocycles. The average Bonchev–Trinajstić information content (AvgIpc) is 2.90. The van der Waals surface area contributed by atoms with Gasteiger partial charge in [0.2, 0.25) is 0 Å². The van der Waals surface area contributed by atoms with Gasteiger partial charge in [-0.1, -0.05) is 0 Å². The summed E-state index contributed by atoms with van der Waals surface area (Å²) in [6.45, 7) is 8.58. The zero-order valence-electron chi connectivity index (χ0n) is 12.1. The molecule has 4 heteroatoms. The summed E-state index contributed by atoms with van der Waals surface area (Å²) in [7, 11) is 2.02. The highest BCUT2D eigenvalue weighted by molar-refractivity contribution is 5.68. The van der Waals surface area contributed by atoms with E-state index in [1.807, 2.05) is 32.7 Å². The fraction of sp³-hybridized carbons (Fsp3) is 0.929. The van der Waals surface area contributed by atoms with Gasteiger partial charge in [-0.25, -0.2) is 4.79 Å². The minimum Gasteiger partial charge on any atom is -0.444 e. The minimum atomic E-state index is -0.388. The molecule has 0 aromatic carbocycles. The Kier molecular flexibility index (Phi) is 3.58. The van der Waals surface area contributed by atoms with Crippen LogP contribution in [0.4, 0.5) is 4.79 Å². The standard InChI is InChI=1S/C14H26N2O2/c1-13(2,3)18-12(17)16-7-5-14(6-8-16)9-11(14)10-15-4/h11,15H,5-10H2,1-4H3. The highest BCUT2D eigenvalue weighted by atomic mass is 16.6. The number of likely N-dealkylation sites (tertiary alicyclic amines) is 1. The van der Waals surface area contributed by atoms with Crippen LogP contribution in [0.5, 0.6) is 0 Å². The van der Waals surface area contributed by atoms with Crippen LogP contribution in [0.1, 0.15) is 40.0 Å². The van der Waals surface area contributed by atoms with Crippen molar-refractivity contribution in [2.75, 3.05) is 26.7 Å². The van der Waals surface area contributed by atoms with Gasteiger partial charge in [-0.05, 0) is 65.0 Å². The predicted molar refractivity (Wildman–Crippen MR) is 71.5 cm³/mol. The summed E-state index contributed by atoms with van der Waals surface area (Å²) >= 11 is 0. The lowest BCUT2D eigenvalue weighted by molar-refractivity contribution is 0.0165. The molecular formula is C14H26N2O2. The molecule has 1 spiro atoms. The molecule has 1 N–H and O–H groups in total. The molecule has 2 rings (SSSR count). The third-order valence-electron chi connectivity index (χ3n) is 4.22. The number of piperidine rings is 1. The van der Waals surface area contributed by atoms with Gasteiger partial charge in [0.1, 0.15) is 5.60 Å². The first-order chi connectivity index (χ1) is 8.36. The van der Waals surface area contributed by atoms with E-state index in [4.69, 9.17) is 4.74 Å². The van der Waals surface area contributed by atoms with E-state index in [0.717, 1.165) is 38.4 Å². The van der Waals surface area contributed by atoms with Crippen LogP contribution in [0.15, 0.2) is 0 Å². The normalized spacial score (nSPS) is 26.2. The van der Waals surface area contributed by atoms with Crippen LogP contribution < -0.4 is 5.32 Å². The first-order valence-electron chi connectivity index (χ1n) is 6.99. The fourth-order valence-corrected chi connectivity index (χ4v) is 3.04. The largest absolute Gasteiger partial charge is 0.444 e.